The maximum Gasteiger partial charge on any atom is 0.156 e. The predicted octanol–water partition coefficient (Wildman–Crippen LogP) is 6.54. The van der Waals surface area contributed by atoms with Crippen molar-refractivity contribution in [3.8, 4) is 0 Å². The SMILES string of the molecule is CC12C[C@H](c3ccc(Cc4ccccc4)cc3)C3=C4CCC(=O)C=C4CCC3C1CCC2O. The molecule has 0 heterocycles. The first-order chi connectivity index (χ1) is 16.0. The summed E-state index contributed by atoms with van der Waals surface area (Å²) in [5.74, 6) is 1.77. The Bertz CT molecular complexity index is 1120. The number of allylic oxidation sites excluding steroid dienone is 4. The summed E-state index contributed by atoms with van der Waals surface area (Å²) < 4.78 is 0. The molecule has 0 saturated heterocycles. The summed E-state index contributed by atoms with van der Waals surface area (Å²) in [5, 5.41) is 11.0. The van der Waals surface area contributed by atoms with Crippen LogP contribution in [0, 0.1) is 17.3 Å². The second kappa shape index (κ2) is 8.09. The van der Waals surface area contributed by atoms with Crippen molar-refractivity contribution < 1.29 is 9.90 Å². The quantitative estimate of drug-likeness (QED) is 0.591. The smallest absolute Gasteiger partial charge is 0.156 e. The maximum atomic E-state index is 12.2. The monoisotopic (exact) mass is 438 g/mol. The van der Waals surface area contributed by atoms with Gasteiger partial charge in [0.1, 0.15) is 0 Å². The molecule has 0 bridgehead atoms. The summed E-state index contributed by atoms with van der Waals surface area (Å²) in [5.41, 5.74) is 8.48. The highest BCUT2D eigenvalue weighted by Crippen LogP contribution is 2.63. The predicted molar refractivity (Wildman–Crippen MR) is 132 cm³/mol. The molecule has 0 radical (unpaired) electrons. The first kappa shape index (κ1) is 21.1. The molecule has 4 aliphatic carbocycles. The molecular formula is C31H34O2. The summed E-state index contributed by atoms with van der Waals surface area (Å²) in [4.78, 5) is 12.2. The van der Waals surface area contributed by atoms with Crippen LogP contribution in [0.5, 0.6) is 0 Å². The van der Waals surface area contributed by atoms with E-state index in [1.54, 1.807) is 5.57 Å². The topological polar surface area (TPSA) is 37.3 Å². The molecule has 2 nitrogen and oxygen atoms in total. The number of fused-ring (bicyclic) bond motifs is 4. The van der Waals surface area contributed by atoms with Gasteiger partial charge in [0.2, 0.25) is 0 Å². The van der Waals surface area contributed by atoms with E-state index in [0.29, 0.717) is 30.0 Å². The van der Waals surface area contributed by atoms with Crippen molar-refractivity contribution in [2.45, 2.75) is 70.3 Å². The Labute approximate surface area is 197 Å². The number of aliphatic hydroxyl groups is 1. The molecule has 0 aliphatic heterocycles. The molecule has 33 heavy (non-hydrogen) atoms. The summed E-state index contributed by atoms with van der Waals surface area (Å²) >= 11 is 0. The maximum absolute atomic E-state index is 12.2. The number of carbonyl (C=O) groups excluding carboxylic acids is 1. The van der Waals surface area contributed by atoms with Crippen molar-refractivity contribution in [2.75, 3.05) is 0 Å². The summed E-state index contributed by atoms with van der Waals surface area (Å²) in [7, 11) is 0. The molecule has 4 aliphatic rings. The number of hydrogen-bond donors (Lipinski definition) is 1. The lowest BCUT2D eigenvalue weighted by molar-refractivity contribution is -0.114. The van der Waals surface area contributed by atoms with Gasteiger partial charge < -0.3 is 5.11 Å². The second-order valence-corrected chi connectivity index (χ2v) is 11.1. The van der Waals surface area contributed by atoms with E-state index in [0.717, 1.165) is 44.9 Å². The van der Waals surface area contributed by atoms with Crippen molar-refractivity contribution in [3.05, 3.63) is 94.1 Å². The second-order valence-electron chi connectivity index (χ2n) is 11.1. The highest BCUT2D eigenvalue weighted by Gasteiger charge is 2.56. The molecule has 6 rings (SSSR count). The van der Waals surface area contributed by atoms with Crippen molar-refractivity contribution in [3.63, 3.8) is 0 Å². The average Bonchev–Trinajstić information content (AvgIpc) is 3.13. The lowest BCUT2D eigenvalue weighted by Gasteiger charge is -2.52. The number of rotatable bonds is 3. The molecule has 2 aromatic rings. The first-order valence-electron chi connectivity index (χ1n) is 12.8. The van der Waals surface area contributed by atoms with E-state index in [4.69, 9.17) is 0 Å². The van der Waals surface area contributed by atoms with E-state index >= 15 is 0 Å². The molecule has 2 heteroatoms. The van der Waals surface area contributed by atoms with Gasteiger partial charge in [0, 0.05) is 12.3 Å². The van der Waals surface area contributed by atoms with Gasteiger partial charge in [-0.1, -0.05) is 67.1 Å². The van der Waals surface area contributed by atoms with Gasteiger partial charge in [-0.3, -0.25) is 4.79 Å². The van der Waals surface area contributed by atoms with Crippen molar-refractivity contribution in [1.29, 1.82) is 0 Å². The Hall–Kier alpha value is -2.45. The zero-order valence-electron chi connectivity index (χ0n) is 19.6. The molecule has 1 N–H and O–H groups in total. The Balaban J connectivity index is 1.40. The minimum Gasteiger partial charge on any atom is -0.393 e. The van der Waals surface area contributed by atoms with Crippen molar-refractivity contribution in [1.82, 2.24) is 0 Å². The third kappa shape index (κ3) is 3.54. The van der Waals surface area contributed by atoms with Gasteiger partial charge in [-0.15, -0.1) is 0 Å². The molecule has 170 valence electrons. The zero-order chi connectivity index (χ0) is 22.6. The summed E-state index contributed by atoms with van der Waals surface area (Å²) in [6.07, 6.45) is 9.52. The lowest BCUT2D eigenvalue weighted by atomic mass is 9.53. The van der Waals surface area contributed by atoms with Crippen LogP contribution in [-0.4, -0.2) is 17.0 Å². The summed E-state index contributed by atoms with van der Waals surface area (Å²) in [6.45, 7) is 2.35. The minimum absolute atomic E-state index is 0.00614. The first-order valence-corrected chi connectivity index (χ1v) is 12.8. The summed E-state index contributed by atoms with van der Waals surface area (Å²) in [6, 6.07) is 19.9. The largest absolute Gasteiger partial charge is 0.393 e. The third-order valence-corrected chi connectivity index (χ3v) is 9.31. The fourth-order valence-electron chi connectivity index (χ4n) is 7.63. The molecule has 0 amide bonds. The van der Waals surface area contributed by atoms with Crippen molar-refractivity contribution in [2.24, 2.45) is 17.3 Å². The fourth-order valence-corrected chi connectivity index (χ4v) is 7.63. The van der Waals surface area contributed by atoms with Gasteiger partial charge in [-0.05, 0) is 96.1 Å². The lowest BCUT2D eigenvalue weighted by Crippen LogP contribution is -2.45. The van der Waals surface area contributed by atoms with E-state index in [9.17, 15) is 9.90 Å². The van der Waals surface area contributed by atoms with E-state index in [2.05, 4.69) is 61.5 Å². The van der Waals surface area contributed by atoms with Gasteiger partial charge in [0.15, 0.2) is 5.78 Å². The van der Waals surface area contributed by atoms with Crippen LogP contribution in [0.2, 0.25) is 0 Å². The molecule has 0 spiro atoms. The Morgan fingerprint density at radius 1 is 0.909 bits per heavy atom. The Kier molecular flexibility index (Phi) is 5.18. The van der Waals surface area contributed by atoms with E-state index in [1.165, 1.54) is 27.8 Å². The highest BCUT2D eigenvalue weighted by molar-refractivity contribution is 5.93. The van der Waals surface area contributed by atoms with Crippen LogP contribution in [0.4, 0.5) is 0 Å². The van der Waals surface area contributed by atoms with Crippen LogP contribution < -0.4 is 0 Å². The zero-order valence-corrected chi connectivity index (χ0v) is 19.6. The average molecular weight is 439 g/mol. The fraction of sp³-hybridized carbons (Fsp3) is 0.452. The van der Waals surface area contributed by atoms with E-state index in [-0.39, 0.29) is 11.5 Å². The van der Waals surface area contributed by atoms with Gasteiger partial charge >= 0.3 is 0 Å². The van der Waals surface area contributed by atoms with Crippen LogP contribution in [0.25, 0.3) is 0 Å². The van der Waals surface area contributed by atoms with Gasteiger partial charge in [0.25, 0.3) is 0 Å². The van der Waals surface area contributed by atoms with Crippen LogP contribution >= 0.6 is 0 Å². The minimum atomic E-state index is -0.196. The van der Waals surface area contributed by atoms with Gasteiger partial charge in [-0.25, -0.2) is 0 Å². The number of carbonyl (C=O) groups is 1. The van der Waals surface area contributed by atoms with Crippen LogP contribution in [-0.2, 0) is 11.2 Å². The Morgan fingerprint density at radius 3 is 2.45 bits per heavy atom. The van der Waals surface area contributed by atoms with E-state index < -0.39 is 0 Å². The number of benzene rings is 2. The Morgan fingerprint density at radius 2 is 1.67 bits per heavy atom. The van der Waals surface area contributed by atoms with Gasteiger partial charge in [0.05, 0.1) is 6.10 Å². The molecule has 2 fully saturated rings. The molecule has 5 atom stereocenters. The van der Waals surface area contributed by atoms with Crippen LogP contribution in [0.3, 0.4) is 0 Å². The standard InChI is InChI=1S/C31H34O2/c1-31-19-27(22-9-7-21(8-10-22)17-20-5-3-2-4-6-20)30-25-14-12-24(32)18-23(25)11-13-26(30)28(31)15-16-29(31)33/h2-10,18,26-29,33H,11-17,19H2,1H3/t26?,27-,28?,29?,31?/m1/s1. The molecule has 0 aromatic heterocycles. The van der Waals surface area contributed by atoms with Crippen molar-refractivity contribution >= 4 is 5.78 Å². The highest BCUT2D eigenvalue weighted by atomic mass is 16.3. The van der Waals surface area contributed by atoms with Crippen LogP contribution in [0.1, 0.15) is 74.5 Å². The molecule has 2 aromatic carbocycles. The molecular weight excluding hydrogens is 404 g/mol. The van der Waals surface area contributed by atoms with Gasteiger partial charge in [-0.2, -0.15) is 0 Å². The molecule has 2 saturated carbocycles. The molecule has 4 unspecified atom stereocenters. The number of aliphatic hydroxyl groups excluding tert-OH is 1. The third-order valence-electron chi connectivity index (χ3n) is 9.31. The van der Waals surface area contributed by atoms with Crippen LogP contribution in [0.15, 0.2) is 77.4 Å². The number of ketones is 1. The number of hydrogen-bond acceptors (Lipinski definition) is 2. The normalized spacial score (nSPS) is 33.3. The van der Waals surface area contributed by atoms with E-state index in [1.807, 2.05) is 6.08 Å².